The smallest absolute Gasteiger partial charge is 0.306 e. The number of hydrogen-bond donors (Lipinski definition) is 1. The molecule has 0 fully saturated rings. The number of carbonyl (C=O) groups is 2. The van der Waals surface area contributed by atoms with Crippen molar-refractivity contribution in [3.63, 3.8) is 0 Å². The second kappa shape index (κ2) is 24.6. The van der Waals surface area contributed by atoms with E-state index in [-0.39, 0.29) is 18.5 Å². The number of aliphatic carboxylic acids is 1. The number of rotatable bonds is 25. The molecule has 0 saturated heterocycles. The summed E-state index contributed by atoms with van der Waals surface area (Å²) in [5, 5.41) is 8.72. The average molecular weight is 455 g/mol. The van der Waals surface area contributed by atoms with Crippen molar-refractivity contribution in [3.05, 3.63) is 0 Å². The highest BCUT2D eigenvalue weighted by Gasteiger charge is 2.14. The van der Waals surface area contributed by atoms with E-state index in [9.17, 15) is 9.59 Å². The first-order valence-electron chi connectivity index (χ1n) is 14.0. The molecule has 0 aromatic carbocycles. The van der Waals surface area contributed by atoms with Crippen molar-refractivity contribution in [1.82, 2.24) is 0 Å². The molecule has 0 heterocycles. The highest BCUT2D eigenvalue weighted by atomic mass is 16.5. The maximum atomic E-state index is 12.3. The molecular weight excluding hydrogens is 400 g/mol. The van der Waals surface area contributed by atoms with E-state index in [1.807, 2.05) is 0 Å². The lowest BCUT2D eigenvalue weighted by Gasteiger charge is -2.18. The quantitative estimate of drug-likeness (QED) is 0.110. The van der Waals surface area contributed by atoms with Gasteiger partial charge in [-0.3, -0.25) is 9.59 Å². The third-order valence-electron chi connectivity index (χ3n) is 6.33. The van der Waals surface area contributed by atoms with Gasteiger partial charge in [0.15, 0.2) is 0 Å². The lowest BCUT2D eigenvalue weighted by atomic mass is 10.0. The van der Waals surface area contributed by atoms with Crippen molar-refractivity contribution in [3.8, 4) is 0 Å². The summed E-state index contributed by atoms with van der Waals surface area (Å²) in [6, 6.07) is 0. The maximum Gasteiger partial charge on any atom is 0.306 e. The van der Waals surface area contributed by atoms with Crippen LogP contribution in [0.5, 0.6) is 0 Å². The Morgan fingerprint density at radius 2 is 0.938 bits per heavy atom. The number of ether oxygens (including phenoxy) is 1. The van der Waals surface area contributed by atoms with Crippen molar-refractivity contribution in [1.29, 1.82) is 0 Å². The minimum absolute atomic E-state index is 0.0210. The Balaban J connectivity index is 3.85. The number of unbranched alkanes of at least 4 members (excludes halogenated alkanes) is 16. The molecule has 1 atom stereocenters. The highest BCUT2D eigenvalue weighted by Crippen LogP contribution is 2.18. The molecule has 0 spiro atoms. The second-order valence-electron chi connectivity index (χ2n) is 9.59. The maximum absolute atomic E-state index is 12.3. The lowest BCUT2D eigenvalue weighted by molar-refractivity contribution is -0.150. The Kier molecular flexibility index (Phi) is 23.8. The van der Waals surface area contributed by atoms with Gasteiger partial charge in [0.25, 0.3) is 0 Å². The van der Waals surface area contributed by atoms with E-state index in [2.05, 4.69) is 13.8 Å². The minimum atomic E-state index is -0.713. The van der Waals surface area contributed by atoms with Gasteiger partial charge in [-0.15, -0.1) is 0 Å². The first kappa shape index (κ1) is 30.9. The molecule has 0 amide bonds. The third-order valence-corrected chi connectivity index (χ3v) is 6.33. The van der Waals surface area contributed by atoms with Crippen LogP contribution >= 0.6 is 0 Å². The molecule has 0 aliphatic carbocycles. The zero-order valence-corrected chi connectivity index (χ0v) is 21.5. The van der Waals surface area contributed by atoms with Gasteiger partial charge < -0.3 is 9.84 Å². The molecule has 190 valence electrons. The van der Waals surface area contributed by atoms with Gasteiger partial charge >= 0.3 is 11.9 Å². The van der Waals surface area contributed by atoms with E-state index in [4.69, 9.17) is 9.84 Å². The summed E-state index contributed by atoms with van der Waals surface area (Å²) in [4.78, 5) is 22.9. The van der Waals surface area contributed by atoms with Crippen LogP contribution in [0.15, 0.2) is 0 Å². The summed E-state index contributed by atoms with van der Waals surface area (Å²) in [5.74, 6) is -0.734. The largest absolute Gasteiger partial charge is 0.481 e. The normalized spacial score (nSPS) is 12.1. The van der Waals surface area contributed by atoms with Crippen LogP contribution in [0.3, 0.4) is 0 Å². The first-order valence-corrected chi connectivity index (χ1v) is 14.0. The molecular formula is C28H54O4. The van der Waals surface area contributed by atoms with Gasteiger partial charge in [0, 0.05) is 12.8 Å². The molecule has 4 heteroatoms. The molecule has 0 radical (unpaired) electrons. The van der Waals surface area contributed by atoms with Gasteiger partial charge in [0.2, 0.25) is 0 Å². The zero-order valence-electron chi connectivity index (χ0n) is 21.5. The molecule has 0 aliphatic rings. The van der Waals surface area contributed by atoms with E-state index < -0.39 is 5.97 Å². The molecule has 1 N–H and O–H groups in total. The monoisotopic (exact) mass is 454 g/mol. The predicted molar refractivity (Wildman–Crippen MR) is 135 cm³/mol. The summed E-state index contributed by atoms with van der Waals surface area (Å²) >= 11 is 0. The zero-order chi connectivity index (χ0) is 23.7. The number of carboxylic acids is 1. The summed E-state index contributed by atoms with van der Waals surface area (Å²) in [7, 11) is 0. The Morgan fingerprint density at radius 1 is 0.562 bits per heavy atom. The first-order chi connectivity index (χ1) is 15.6. The standard InChI is InChI=1S/C28H54O4/c1-3-5-7-9-10-11-12-13-14-15-21-25-28(31)32-26(22-18-8-6-4-2)23-19-16-17-20-24-27(29)30/h26H,3-25H2,1-2H3,(H,29,30). The second-order valence-corrected chi connectivity index (χ2v) is 9.59. The Hall–Kier alpha value is -1.06. The van der Waals surface area contributed by atoms with Crippen LogP contribution in [0.25, 0.3) is 0 Å². The molecule has 32 heavy (non-hydrogen) atoms. The van der Waals surface area contributed by atoms with Gasteiger partial charge in [-0.25, -0.2) is 0 Å². The van der Waals surface area contributed by atoms with Crippen LogP contribution in [0.1, 0.15) is 162 Å². The van der Waals surface area contributed by atoms with E-state index >= 15 is 0 Å². The summed E-state index contributed by atoms with van der Waals surface area (Å²) in [6.45, 7) is 4.47. The van der Waals surface area contributed by atoms with Gasteiger partial charge in [-0.2, -0.15) is 0 Å². The molecule has 4 nitrogen and oxygen atoms in total. The fourth-order valence-corrected chi connectivity index (χ4v) is 4.24. The van der Waals surface area contributed by atoms with Gasteiger partial charge in [0.1, 0.15) is 6.10 Å². The number of esters is 1. The number of hydrogen-bond acceptors (Lipinski definition) is 3. The van der Waals surface area contributed by atoms with Crippen LogP contribution in [0, 0.1) is 0 Å². The fourth-order valence-electron chi connectivity index (χ4n) is 4.24. The summed E-state index contributed by atoms with van der Waals surface area (Å²) < 4.78 is 5.83. The fraction of sp³-hybridized carbons (Fsp3) is 0.929. The molecule has 0 saturated carbocycles. The molecule has 1 unspecified atom stereocenters. The third kappa shape index (κ3) is 23.6. The van der Waals surface area contributed by atoms with E-state index in [0.717, 1.165) is 57.8 Å². The highest BCUT2D eigenvalue weighted by molar-refractivity contribution is 5.69. The van der Waals surface area contributed by atoms with Crippen LogP contribution in [-0.2, 0) is 14.3 Å². The van der Waals surface area contributed by atoms with E-state index in [1.165, 1.54) is 77.0 Å². The van der Waals surface area contributed by atoms with Crippen molar-refractivity contribution in [2.24, 2.45) is 0 Å². The van der Waals surface area contributed by atoms with Crippen molar-refractivity contribution < 1.29 is 19.4 Å². The molecule has 0 rings (SSSR count). The SMILES string of the molecule is CCCCCCCCCCCCCC(=O)OC(CCCCCC)CCCCCCC(=O)O. The van der Waals surface area contributed by atoms with Gasteiger partial charge in [0.05, 0.1) is 0 Å². The Bertz CT molecular complexity index is 422. The van der Waals surface area contributed by atoms with Crippen molar-refractivity contribution in [2.45, 2.75) is 168 Å². The average Bonchev–Trinajstić information content (AvgIpc) is 2.76. The predicted octanol–water partition coefficient (Wildman–Crippen LogP) is 8.99. The Labute approximate surface area is 199 Å². The molecule has 0 aliphatic heterocycles. The Morgan fingerprint density at radius 3 is 1.41 bits per heavy atom. The van der Waals surface area contributed by atoms with E-state index in [1.54, 1.807) is 0 Å². The summed E-state index contributed by atoms with van der Waals surface area (Å²) in [5.41, 5.74) is 0. The number of carbonyl (C=O) groups excluding carboxylic acids is 1. The van der Waals surface area contributed by atoms with Gasteiger partial charge in [-0.05, 0) is 38.5 Å². The van der Waals surface area contributed by atoms with Crippen molar-refractivity contribution in [2.75, 3.05) is 0 Å². The lowest BCUT2D eigenvalue weighted by Crippen LogP contribution is -2.18. The summed E-state index contributed by atoms with van der Waals surface area (Å²) in [6.07, 6.45) is 25.5. The topological polar surface area (TPSA) is 63.6 Å². The molecule has 0 aromatic rings. The minimum Gasteiger partial charge on any atom is -0.481 e. The van der Waals surface area contributed by atoms with Crippen LogP contribution in [0.4, 0.5) is 0 Å². The van der Waals surface area contributed by atoms with Crippen LogP contribution in [0.2, 0.25) is 0 Å². The molecule has 0 bridgehead atoms. The van der Waals surface area contributed by atoms with Crippen molar-refractivity contribution >= 4 is 11.9 Å². The van der Waals surface area contributed by atoms with Crippen LogP contribution < -0.4 is 0 Å². The number of carboxylic acid groups (broad SMARTS) is 1. The van der Waals surface area contributed by atoms with Crippen LogP contribution in [-0.4, -0.2) is 23.1 Å². The molecule has 0 aromatic heterocycles. The van der Waals surface area contributed by atoms with E-state index in [0.29, 0.717) is 6.42 Å². The van der Waals surface area contributed by atoms with Gasteiger partial charge in [-0.1, -0.05) is 110 Å².